The van der Waals surface area contributed by atoms with Crippen molar-refractivity contribution in [2.45, 2.75) is 6.54 Å². The average molecular weight is 395 g/mol. The standard InChI is InChI=1S/C21H21N3O5/c1-28-16-6-4-5-15(13-16)20(26)23-11-9-22(10-12-23)19(25)14-24-17-7-2-3-8-18(17)29-21(24)27/h2-8,13H,9-12,14H2,1H3. The van der Waals surface area contributed by atoms with Crippen molar-refractivity contribution in [2.24, 2.45) is 0 Å². The van der Waals surface area contributed by atoms with Crippen LogP contribution < -0.4 is 10.5 Å². The Hall–Kier alpha value is -3.55. The van der Waals surface area contributed by atoms with Crippen LogP contribution in [0, 0.1) is 0 Å². The molecular weight excluding hydrogens is 374 g/mol. The second-order valence-electron chi connectivity index (χ2n) is 6.83. The Bertz CT molecular complexity index is 1110. The normalized spacial score (nSPS) is 14.2. The Morgan fingerprint density at radius 2 is 1.72 bits per heavy atom. The summed E-state index contributed by atoms with van der Waals surface area (Å²) in [6.45, 7) is 1.61. The number of para-hydroxylation sites is 2. The van der Waals surface area contributed by atoms with Gasteiger partial charge in [0.1, 0.15) is 12.3 Å². The zero-order valence-electron chi connectivity index (χ0n) is 16.0. The number of fused-ring (bicyclic) bond motifs is 1. The maximum Gasteiger partial charge on any atom is 0.420 e. The van der Waals surface area contributed by atoms with E-state index in [1.807, 2.05) is 0 Å². The number of ether oxygens (including phenoxy) is 1. The fourth-order valence-corrected chi connectivity index (χ4v) is 3.50. The molecule has 1 fully saturated rings. The van der Waals surface area contributed by atoms with Gasteiger partial charge in [0.25, 0.3) is 5.91 Å². The Morgan fingerprint density at radius 3 is 2.48 bits per heavy atom. The number of benzene rings is 2. The van der Waals surface area contributed by atoms with E-state index in [9.17, 15) is 14.4 Å². The first-order valence-corrected chi connectivity index (χ1v) is 9.36. The first-order chi connectivity index (χ1) is 14.1. The number of hydrogen-bond donors (Lipinski definition) is 0. The predicted molar refractivity (Wildman–Crippen MR) is 106 cm³/mol. The van der Waals surface area contributed by atoms with E-state index in [1.54, 1.807) is 65.4 Å². The second-order valence-corrected chi connectivity index (χ2v) is 6.83. The van der Waals surface area contributed by atoms with Gasteiger partial charge in [0.05, 0.1) is 12.6 Å². The van der Waals surface area contributed by atoms with Crippen LogP contribution in [-0.2, 0) is 11.3 Å². The number of hydrogen-bond acceptors (Lipinski definition) is 5. The zero-order valence-corrected chi connectivity index (χ0v) is 16.0. The first-order valence-electron chi connectivity index (χ1n) is 9.36. The summed E-state index contributed by atoms with van der Waals surface area (Å²) in [6.07, 6.45) is 0. The summed E-state index contributed by atoms with van der Waals surface area (Å²) >= 11 is 0. The van der Waals surface area contributed by atoms with Crippen LogP contribution in [0.15, 0.2) is 57.7 Å². The lowest BCUT2D eigenvalue weighted by Crippen LogP contribution is -2.51. The van der Waals surface area contributed by atoms with Gasteiger partial charge in [0.15, 0.2) is 5.58 Å². The monoisotopic (exact) mass is 395 g/mol. The molecule has 0 bridgehead atoms. The summed E-state index contributed by atoms with van der Waals surface area (Å²) in [5.74, 6) is -0.186. The third-order valence-electron chi connectivity index (χ3n) is 5.10. The van der Waals surface area contributed by atoms with Crippen LogP contribution in [0.1, 0.15) is 10.4 Å². The Labute approximate surface area is 166 Å². The van der Waals surface area contributed by atoms with Gasteiger partial charge in [-0.05, 0) is 30.3 Å². The number of amides is 2. The van der Waals surface area contributed by atoms with Gasteiger partial charge in [-0.25, -0.2) is 4.79 Å². The number of oxazole rings is 1. The van der Waals surface area contributed by atoms with Crippen LogP contribution in [0.5, 0.6) is 5.75 Å². The van der Waals surface area contributed by atoms with E-state index in [1.165, 1.54) is 4.57 Å². The van der Waals surface area contributed by atoms with Crippen molar-refractivity contribution in [1.82, 2.24) is 14.4 Å². The van der Waals surface area contributed by atoms with Gasteiger partial charge in [-0.3, -0.25) is 14.2 Å². The topological polar surface area (TPSA) is 85.0 Å². The summed E-state index contributed by atoms with van der Waals surface area (Å²) in [4.78, 5) is 40.9. The number of carbonyl (C=O) groups excluding carboxylic acids is 2. The predicted octanol–water partition coefficient (Wildman–Crippen LogP) is 1.59. The van der Waals surface area contributed by atoms with Crippen LogP contribution >= 0.6 is 0 Å². The number of methoxy groups -OCH3 is 1. The molecule has 8 heteroatoms. The average Bonchev–Trinajstić information content (AvgIpc) is 3.08. The van der Waals surface area contributed by atoms with Crippen molar-refractivity contribution in [2.75, 3.05) is 33.3 Å². The lowest BCUT2D eigenvalue weighted by molar-refractivity contribution is -0.133. The molecule has 150 valence electrons. The fourth-order valence-electron chi connectivity index (χ4n) is 3.50. The summed E-state index contributed by atoms with van der Waals surface area (Å²) < 4.78 is 11.7. The largest absolute Gasteiger partial charge is 0.497 e. The summed E-state index contributed by atoms with van der Waals surface area (Å²) in [5, 5.41) is 0. The van der Waals surface area contributed by atoms with Gasteiger partial charge >= 0.3 is 5.76 Å². The van der Waals surface area contributed by atoms with Crippen molar-refractivity contribution in [3.63, 3.8) is 0 Å². The molecule has 0 unspecified atom stereocenters. The molecule has 3 aromatic rings. The quantitative estimate of drug-likeness (QED) is 0.670. The summed E-state index contributed by atoms with van der Waals surface area (Å²) in [5.41, 5.74) is 1.61. The van der Waals surface area contributed by atoms with Crippen LogP contribution in [0.25, 0.3) is 11.1 Å². The highest BCUT2D eigenvalue weighted by Crippen LogP contribution is 2.16. The van der Waals surface area contributed by atoms with Gasteiger partial charge in [-0.15, -0.1) is 0 Å². The van der Waals surface area contributed by atoms with E-state index in [4.69, 9.17) is 9.15 Å². The molecule has 8 nitrogen and oxygen atoms in total. The molecule has 4 rings (SSSR count). The van der Waals surface area contributed by atoms with Crippen LogP contribution in [-0.4, -0.2) is 59.5 Å². The van der Waals surface area contributed by atoms with E-state index in [0.29, 0.717) is 48.6 Å². The first kappa shape index (κ1) is 18.8. The number of nitrogens with zero attached hydrogens (tertiary/aromatic N) is 3. The molecule has 0 saturated carbocycles. The van der Waals surface area contributed by atoms with Crippen molar-refractivity contribution >= 4 is 22.9 Å². The van der Waals surface area contributed by atoms with Crippen LogP contribution in [0.2, 0.25) is 0 Å². The Balaban J connectivity index is 1.40. The molecule has 1 aliphatic rings. The van der Waals surface area contributed by atoms with Gasteiger partial charge in [0.2, 0.25) is 5.91 Å². The highest BCUT2D eigenvalue weighted by atomic mass is 16.5. The molecule has 0 N–H and O–H groups in total. The Kier molecular flexibility index (Phi) is 5.07. The zero-order chi connectivity index (χ0) is 20.4. The van der Waals surface area contributed by atoms with Crippen molar-refractivity contribution in [3.05, 3.63) is 64.6 Å². The van der Waals surface area contributed by atoms with E-state index < -0.39 is 5.76 Å². The molecule has 0 aliphatic carbocycles. The minimum Gasteiger partial charge on any atom is -0.497 e. The van der Waals surface area contributed by atoms with E-state index in [0.717, 1.165) is 0 Å². The molecule has 1 aliphatic heterocycles. The number of piperazine rings is 1. The number of rotatable bonds is 4. The molecule has 2 amide bonds. The van der Waals surface area contributed by atoms with Gasteiger partial charge in [-0.2, -0.15) is 0 Å². The Morgan fingerprint density at radius 1 is 1.00 bits per heavy atom. The molecule has 2 aromatic carbocycles. The molecule has 0 radical (unpaired) electrons. The van der Waals surface area contributed by atoms with Crippen molar-refractivity contribution < 1.29 is 18.7 Å². The summed E-state index contributed by atoms with van der Waals surface area (Å²) in [6, 6.07) is 14.0. The van der Waals surface area contributed by atoms with Crippen molar-refractivity contribution in [1.29, 1.82) is 0 Å². The van der Waals surface area contributed by atoms with Gasteiger partial charge in [0, 0.05) is 31.7 Å². The van der Waals surface area contributed by atoms with Crippen LogP contribution in [0.4, 0.5) is 0 Å². The maximum absolute atomic E-state index is 12.7. The second kappa shape index (κ2) is 7.83. The fraction of sp³-hybridized carbons (Fsp3) is 0.286. The smallest absolute Gasteiger partial charge is 0.420 e. The minimum atomic E-state index is -0.550. The summed E-state index contributed by atoms with van der Waals surface area (Å²) in [7, 11) is 1.56. The minimum absolute atomic E-state index is 0.0837. The van der Waals surface area contributed by atoms with Crippen LogP contribution in [0.3, 0.4) is 0 Å². The molecule has 29 heavy (non-hydrogen) atoms. The molecule has 0 spiro atoms. The molecule has 0 atom stereocenters. The molecular formula is C21H21N3O5. The SMILES string of the molecule is COc1cccc(C(=O)N2CCN(C(=O)Cn3c(=O)oc4ccccc43)CC2)c1. The lowest BCUT2D eigenvalue weighted by atomic mass is 10.1. The molecule has 1 aromatic heterocycles. The highest BCUT2D eigenvalue weighted by molar-refractivity contribution is 5.94. The van der Waals surface area contributed by atoms with Gasteiger partial charge in [-0.1, -0.05) is 18.2 Å². The van der Waals surface area contributed by atoms with E-state index in [-0.39, 0.29) is 18.4 Å². The van der Waals surface area contributed by atoms with E-state index >= 15 is 0 Å². The van der Waals surface area contributed by atoms with Crippen molar-refractivity contribution in [3.8, 4) is 5.75 Å². The molecule has 2 heterocycles. The highest BCUT2D eigenvalue weighted by Gasteiger charge is 2.26. The lowest BCUT2D eigenvalue weighted by Gasteiger charge is -2.34. The molecule has 1 saturated heterocycles. The third kappa shape index (κ3) is 3.73. The van der Waals surface area contributed by atoms with Gasteiger partial charge < -0.3 is 19.0 Å². The third-order valence-corrected chi connectivity index (χ3v) is 5.10. The maximum atomic E-state index is 12.7. The van der Waals surface area contributed by atoms with E-state index in [2.05, 4.69) is 0 Å². The number of carbonyl (C=O) groups is 2. The number of aromatic nitrogens is 1.